The zero-order chi connectivity index (χ0) is 15.4. The first kappa shape index (κ1) is 14.8. The average molecular weight is 299 g/mol. The van der Waals surface area contributed by atoms with E-state index >= 15 is 0 Å². The van der Waals surface area contributed by atoms with E-state index in [1.165, 1.54) is 30.4 Å². The van der Waals surface area contributed by atoms with Gasteiger partial charge >= 0.3 is 0 Å². The third-order valence-corrected chi connectivity index (χ3v) is 4.40. The lowest BCUT2D eigenvalue weighted by molar-refractivity contribution is -0.121. The Hall–Kier alpha value is -2.17. The molecule has 0 spiro atoms. The lowest BCUT2D eigenvalue weighted by Gasteiger charge is -2.10. The number of nitrogens with zero attached hydrogens (tertiary/aromatic N) is 2. The molecule has 1 fully saturated rings. The first-order valence-corrected chi connectivity index (χ1v) is 7.95. The van der Waals surface area contributed by atoms with Gasteiger partial charge in [0, 0.05) is 11.9 Å². The van der Waals surface area contributed by atoms with E-state index in [1.807, 2.05) is 18.2 Å². The number of amides is 1. The molecule has 0 atom stereocenters. The third kappa shape index (κ3) is 3.35. The van der Waals surface area contributed by atoms with E-state index in [-0.39, 0.29) is 18.0 Å². The van der Waals surface area contributed by atoms with Gasteiger partial charge in [0.05, 0.1) is 11.6 Å². The highest BCUT2D eigenvalue weighted by atomic mass is 16.2. The van der Waals surface area contributed by atoms with Gasteiger partial charge in [-0.25, -0.2) is 4.68 Å². The molecule has 1 amide bonds. The highest BCUT2D eigenvalue weighted by Gasteiger charge is 2.15. The summed E-state index contributed by atoms with van der Waals surface area (Å²) in [7, 11) is 0. The zero-order valence-corrected chi connectivity index (χ0v) is 12.6. The van der Waals surface area contributed by atoms with Gasteiger partial charge in [-0.3, -0.25) is 9.59 Å². The van der Waals surface area contributed by atoms with Gasteiger partial charge in [-0.1, -0.05) is 43.9 Å². The minimum absolute atomic E-state index is 0.0195. The van der Waals surface area contributed by atoms with Crippen molar-refractivity contribution >= 4 is 16.7 Å². The molecule has 2 aromatic rings. The topological polar surface area (TPSA) is 64.0 Å². The molecule has 1 saturated carbocycles. The van der Waals surface area contributed by atoms with Crippen LogP contribution in [0.25, 0.3) is 10.8 Å². The number of hydrogen-bond acceptors (Lipinski definition) is 3. The monoisotopic (exact) mass is 299 g/mol. The summed E-state index contributed by atoms with van der Waals surface area (Å²) in [5.74, 6) is 0.602. The number of rotatable bonds is 5. The van der Waals surface area contributed by atoms with Crippen molar-refractivity contribution in [3.05, 3.63) is 40.8 Å². The van der Waals surface area contributed by atoms with E-state index in [9.17, 15) is 9.59 Å². The number of aromatic nitrogens is 2. The molecular formula is C17H21N3O2. The Morgan fingerprint density at radius 3 is 2.86 bits per heavy atom. The Bertz CT molecular complexity index is 717. The maximum Gasteiger partial charge on any atom is 0.275 e. The van der Waals surface area contributed by atoms with Crippen LogP contribution in [0.1, 0.15) is 32.1 Å². The lowest BCUT2D eigenvalue weighted by Crippen LogP contribution is -2.34. The SMILES string of the molecule is O=C(Cn1ncc2ccccc2c1=O)NCCC1CCCC1. The largest absolute Gasteiger partial charge is 0.354 e. The first-order valence-electron chi connectivity index (χ1n) is 7.95. The van der Waals surface area contributed by atoms with E-state index in [0.29, 0.717) is 11.9 Å². The molecule has 1 aromatic heterocycles. The summed E-state index contributed by atoms with van der Waals surface area (Å²) < 4.78 is 1.23. The lowest BCUT2D eigenvalue weighted by atomic mass is 10.0. The van der Waals surface area contributed by atoms with Crippen molar-refractivity contribution in [2.24, 2.45) is 5.92 Å². The molecule has 5 heteroatoms. The Morgan fingerprint density at radius 1 is 1.27 bits per heavy atom. The molecule has 1 aliphatic rings. The third-order valence-electron chi connectivity index (χ3n) is 4.40. The van der Waals surface area contributed by atoms with Crippen molar-refractivity contribution in [3.63, 3.8) is 0 Å². The fourth-order valence-corrected chi connectivity index (χ4v) is 3.15. The van der Waals surface area contributed by atoms with E-state index in [2.05, 4.69) is 10.4 Å². The maximum absolute atomic E-state index is 12.3. The molecule has 116 valence electrons. The zero-order valence-electron chi connectivity index (χ0n) is 12.6. The molecule has 1 aliphatic carbocycles. The first-order chi connectivity index (χ1) is 10.7. The maximum atomic E-state index is 12.3. The van der Waals surface area contributed by atoms with Crippen LogP contribution in [0.3, 0.4) is 0 Å². The van der Waals surface area contributed by atoms with Gasteiger partial charge < -0.3 is 5.32 Å². The summed E-state index contributed by atoms with van der Waals surface area (Å²) in [6.07, 6.45) is 7.85. The molecule has 0 bridgehead atoms. The van der Waals surface area contributed by atoms with Gasteiger partial charge in [0.1, 0.15) is 6.54 Å². The van der Waals surface area contributed by atoms with Crippen molar-refractivity contribution < 1.29 is 4.79 Å². The van der Waals surface area contributed by atoms with E-state index < -0.39 is 0 Å². The van der Waals surface area contributed by atoms with Crippen LogP contribution >= 0.6 is 0 Å². The van der Waals surface area contributed by atoms with Gasteiger partial charge in [0.15, 0.2) is 0 Å². The second-order valence-corrected chi connectivity index (χ2v) is 5.98. The molecule has 1 aromatic carbocycles. The molecule has 0 unspecified atom stereocenters. The molecule has 1 N–H and O–H groups in total. The predicted octanol–water partition coefficient (Wildman–Crippen LogP) is 2.09. The highest BCUT2D eigenvalue weighted by Crippen LogP contribution is 2.26. The van der Waals surface area contributed by atoms with Crippen LogP contribution < -0.4 is 10.9 Å². The van der Waals surface area contributed by atoms with Gasteiger partial charge in [-0.05, 0) is 18.4 Å². The summed E-state index contributed by atoms with van der Waals surface area (Å²) in [6.45, 7) is 0.667. The van der Waals surface area contributed by atoms with Crippen LogP contribution in [-0.4, -0.2) is 22.2 Å². The second-order valence-electron chi connectivity index (χ2n) is 5.98. The van der Waals surface area contributed by atoms with Crippen LogP contribution in [0, 0.1) is 5.92 Å². The summed E-state index contributed by atoms with van der Waals surface area (Å²) in [5.41, 5.74) is -0.218. The van der Waals surface area contributed by atoms with Crippen molar-refractivity contribution in [3.8, 4) is 0 Å². The minimum Gasteiger partial charge on any atom is -0.354 e. The predicted molar refractivity (Wildman–Crippen MR) is 85.6 cm³/mol. The number of hydrogen-bond donors (Lipinski definition) is 1. The van der Waals surface area contributed by atoms with E-state index in [1.54, 1.807) is 12.3 Å². The van der Waals surface area contributed by atoms with Crippen molar-refractivity contribution in [1.29, 1.82) is 0 Å². The van der Waals surface area contributed by atoms with Gasteiger partial charge in [-0.2, -0.15) is 5.10 Å². The van der Waals surface area contributed by atoms with Gasteiger partial charge in [0.25, 0.3) is 5.56 Å². The summed E-state index contributed by atoms with van der Waals surface area (Å²) in [5, 5.41) is 8.36. The Balaban J connectivity index is 1.59. The number of nitrogens with one attached hydrogen (secondary N) is 1. The summed E-state index contributed by atoms with van der Waals surface area (Å²) in [6, 6.07) is 7.28. The van der Waals surface area contributed by atoms with Gasteiger partial charge in [-0.15, -0.1) is 0 Å². The summed E-state index contributed by atoms with van der Waals surface area (Å²) >= 11 is 0. The van der Waals surface area contributed by atoms with Crippen molar-refractivity contribution in [1.82, 2.24) is 15.1 Å². The number of carbonyl (C=O) groups is 1. The molecule has 0 radical (unpaired) electrons. The Labute approximate surface area is 129 Å². The Kier molecular flexibility index (Phi) is 4.51. The Morgan fingerprint density at radius 2 is 2.05 bits per heavy atom. The highest BCUT2D eigenvalue weighted by molar-refractivity contribution is 5.81. The molecule has 22 heavy (non-hydrogen) atoms. The minimum atomic E-state index is -0.218. The van der Waals surface area contributed by atoms with Crippen LogP contribution in [-0.2, 0) is 11.3 Å². The van der Waals surface area contributed by atoms with Crippen molar-refractivity contribution in [2.45, 2.75) is 38.6 Å². The second kappa shape index (κ2) is 6.73. The standard InChI is InChI=1S/C17H21N3O2/c21-16(18-10-9-13-5-1-2-6-13)12-20-17(22)15-8-4-3-7-14(15)11-19-20/h3-4,7-8,11,13H,1-2,5-6,9-10,12H2,(H,18,21). The molecule has 5 nitrogen and oxygen atoms in total. The number of fused-ring (bicyclic) bond motifs is 1. The number of benzene rings is 1. The molecule has 0 aliphatic heterocycles. The van der Waals surface area contributed by atoms with E-state index in [4.69, 9.17) is 0 Å². The van der Waals surface area contributed by atoms with Crippen LogP contribution in [0.15, 0.2) is 35.3 Å². The summed E-state index contributed by atoms with van der Waals surface area (Å²) in [4.78, 5) is 24.2. The fraction of sp³-hybridized carbons (Fsp3) is 0.471. The molecule has 1 heterocycles. The number of carbonyl (C=O) groups excluding carboxylic acids is 1. The van der Waals surface area contributed by atoms with Crippen molar-refractivity contribution in [2.75, 3.05) is 6.54 Å². The van der Waals surface area contributed by atoms with Crippen LogP contribution in [0.4, 0.5) is 0 Å². The quantitative estimate of drug-likeness (QED) is 0.919. The van der Waals surface area contributed by atoms with Crippen LogP contribution in [0.2, 0.25) is 0 Å². The molecule has 0 saturated heterocycles. The van der Waals surface area contributed by atoms with Crippen LogP contribution in [0.5, 0.6) is 0 Å². The normalized spacial score (nSPS) is 15.3. The van der Waals surface area contributed by atoms with Gasteiger partial charge in [0.2, 0.25) is 5.91 Å². The smallest absolute Gasteiger partial charge is 0.275 e. The fourth-order valence-electron chi connectivity index (χ4n) is 3.15. The molecule has 3 rings (SSSR count). The average Bonchev–Trinajstić information content (AvgIpc) is 3.04. The molecular weight excluding hydrogens is 278 g/mol. The van der Waals surface area contributed by atoms with E-state index in [0.717, 1.165) is 17.7 Å².